The van der Waals surface area contributed by atoms with Crippen LogP contribution in [-0.4, -0.2) is 10.8 Å². The van der Waals surface area contributed by atoms with Crippen LogP contribution in [0.25, 0.3) is 5.57 Å². The summed E-state index contributed by atoms with van der Waals surface area (Å²) in [5.41, 5.74) is 3.27. The molecule has 1 N–H and O–H groups in total. The highest BCUT2D eigenvalue weighted by Crippen LogP contribution is 2.35. The Bertz CT molecular complexity index is 882. The number of hydrogen-bond donors (Lipinski definition) is 1. The van der Waals surface area contributed by atoms with Gasteiger partial charge < -0.3 is 5.32 Å². The van der Waals surface area contributed by atoms with Crippen LogP contribution in [-0.2, 0) is 4.79 Å². The van der Waals surface area contributed by atoms with Gasteiger partial charge in [0, 0.05) is 23.8 Å². The summed E-state index contributed by atoms with van der Waals surface area (Å²) in [7, 11) is 0. The van der Waals surface area contributed by atoms with E-state index in [0.717, 1.165) is 23.3 Å². The van der Waals surface area contributed by atoms with Gasteiger partial charge in [0.25, 0.3) is 0 Å². The third-order valence-corrected chi connectivity index (χ3v) is 4.45. The standard InChI is InChI=1S/C22H23FN2O/c1-4-19(15-8-6-5-7-9-15)20-10-16(23)14-24-21(20)25-17-11-18(26)13-22(2,3)12-17/h4-11,14H,12-13H2,1-3H3,(H,24,25)/b19-4+. The fraction of sp³-hybridized carbons (Fsp3) is 0.273. The number of anilines is 1. The van der Waals surface area contributed by atoms with Crippen LogP contribution < -0.4 is 5.32 Å². The summed E-state index contributed by atoms with van der Waals surface area (Å²) < 4.78 is 13.9. The number of nitrogens with zero attached hydrogens (tertiary/aromatic N) is 1. The zero-order chi connectivity index (χ0) is 18.7. The van der Waals surface area contributed by atoms with Gasteiger partial charge in [0.05, 0.1) is 6.20 Å². The average Bonchev–Trinajstić information content (AvgIpc) is 2.57. The highest BCUT2D eigenvalue weighted by atomic mass is 19.1. The Balaban J connectivity index is 2.00. The number of carbonyl (C=O) groups excluding carboxylic acids is 1. The highest BCUT2D eigenvalue weighted by Gasteiger charge is 2.28. The van der Waals surface area contributed by atoms with Gasteiger partial charge in [0.15, 0.2) is 5.78 Å². The molecule has 0 fully saturated rings. The Labute approximate surface area is 153 Å². The molecule has 0 amide bonds. The number of allylic oxidation sites excluding steroid dienone is 3. The normalized spacial score (nSPS) is 17.0. The lowest BCUT2D eigenvalue weighted by molar-refractivity contribution is -0.117. The van der Waals surface area contributed by atoms with Gasteiger partial charge in [-0.2, -0.15) is 0 Å². The monoisotopic (exact) mass is 350 g/mol. The molecule has 0 saturated carbocycles. The van der Waals surface area contributed by atoms with Crippen molar-refractivity contribution < 1.29 is 9.18 Å². The van der Waals surface area contributed by atoms with Crippen LogP contribution in [0.1, 0.15) is 44.7 Å². The molecule has 134 valence electrons. The second kappa shape index (κ2) is 7.24. The van der Waals surface area contributed by atoms with Crippen molar-refractivity contribution >= 4 is 17.2 Å². The minimum absolute atomic E-state index is 0.0988. The van der Waals surface area contributed by atoms with Crippen LogP contribution in [0.5, 0.6) is 0 Å². The fourth-order valence-electron chi connectivity index (χ4n) is 3.42. The Morgan fingerprint density at radius 2 is 1.96 bits per heavy atom. The molecule has 0 spiro atoms. The van der Waals surface area contributed by atoms with Crippen molar-refractivity contribution in [2.45, 2.75) is 33.6 Å². The number of carbonyl (C=O) groups is 1. The van der Waals surface area contributed by atoms with Crippen molar-refractivity contribution in [3.05, 3.63) is 77.4 Å². The van der Waals surface area contributed by atoms with Crippen LogP contribution in [0.4, 0.5) is 10.2 Å². The Kier molecular flexibility index (Phi) is 5.03. The Morgan fingerprint density at radius 1 is 1.23 bits per heavy atom. The largest absolute Gasteiger partial charge is 0.343 e. The van der Waals surface area contributed by atoms with E-state index in [-0.39, 0.29) is 11.2 Å². The third kappa shape index (κ3) is 4.07. The van der Waals surface area contributed by atoms with Gasteiger partial charge in [-0.25, -0.2) is 9.37 Å². The summed E-state index contributed by atoms with van der Waals surface area (Å²) in [4.78, 5) is 16.3. The molecule has 3 nitrogen and oxygen atoms in total. The van der Waals surface area contributed by atoms with Gasteiger partial charge in [-0.1, -0.05) is 50.3 Å². The van der Waals surface area contributed by atoms with Crippen molar-refractivity contribution in [3.8, 4) is 0 Å². The van der Waals surface area contributed by atoms with Crippen molar-refractivity contribution in [1.29, 1.82) is 0 Å². The smallest absolute Gasteiger partial charge is 0.157 e. The highest BCUT2D eigenvalue weighted by molar-refractivity contribution is 5.93. The van der Waals surface area contributed by atoms with Gasteiger partial charge in [-0.15, -0.1) is 0 Å². The summed E-state index contributed by atoms with van der Waals surface area (Å²) in [6, 6.07) is 11.3. The van der Waals surface area contributed by atoms with Crippen LogP contribution in [0.3, 0.4) is 0 Å². The molecular weight excluding hydrogens is 327 g/mol. The SMILES string of the molecule is C/C=C(\c1ccccc1)c1cc(F)cnc1NC1=CC(=O)CC(C)(C)C1. The van der Waals surface area contributed by atoms with Gasteiger partial charge in [-0.05, 0) is 36.0 Å². The maximum absolute atomic E-state index is 13.9. The van der Waals surface area contributed by atoms with Crippen molar-refractivity contribution in [3.63, 3.8) is 0 Å². The number of aromatic nitrogens is 1. The van der Waals surface area contributed by atoms with Crippen LogP contribution in [0, 0.1) is 11.2 Å². The molecule has 1 aliphatic carbocycles. The van der Waals surface area contributed by atoms with E-state index >= 15 is 0 Å². The van der Waals surface area contributed by atoms with Crippen molar-refractivity contribution in [1.82, 2.24) is 4.98 Å². The predicted octanol–water partition coefficient (Wildman–Crippen LogP) is 5.36. The molecule has 0 saturated heterocycles. The lowest BCUT2D eigenvalue weighted by atomic mass is 9.79. The minimum Gasteiger partial charge on any atom is -0.343 e. The molecule has 1 aliphatic rings. The van der Waals surface area contributed by atoms with Crippen LogP contribution in [0.15, 0.2) is 60.4 Å². The molecule has 2 aromatic rings. The molecule has 3 rings (SSSR count). The van der Waals surface area contributed by atoms with Gasteiger partial charge in [-0.3, -0.25) is 4.79 Å². The minimum atomic E-state index is -0.394. The number of hydrogen-bond acceptors (Lipinski definition) is 3. The number of rotatable bonds is 4. The zero-order valence-corrected chi connectivity index (χ0v) is 15.3. The molecule has 4 heteroatoms. The van der Waals surface area contributed by atoms with E-state index in [9.17, 15) is 9.18 Å². The molecule has 0 unspecified atom stereocenters. The first-order valence-corrected chi connectivity index (χ1v) is 8.76. The first-order valence-electron chi connectivity index (χ1n) is 8.76. The summed E-state index contributed by atoms with van der Waals surface area (Å²) in [5.74, 6) is 0.261. The number of pyridine rings is 1. The van der Waals surface area contributed by atoms with Crippen molar-refractivity contribution in [2.75, 3.05) is 5.32 Å². The van der Waals surface area contributed by atoms with Gasteiger partial charge >= 0.3 is 0 Å². The maximum Gasteiger partial charge on any atom is 0.157 e. The van der Waals surface area contributed by atoms with E-state index in [1.165, 1.54) is 12.3 Å². The first-order chi connectivity index (χ1) is 12.4. The quantitative estimate of drug-likeness (QED) is 0.807. The van der Waals surface area contributed by atoms with E-state index in [1.807, 2.05) is 43.3 Å². The molecule has 1 aromatic carbocycles. The number of halogens is 1. The van der Waals surface area contributed by atoms with Crippen LogP contribution >= 0.6 is 0 Å². The summed E-state index contributed by atoms with van der Waals surface area (Å²) in [5, 5.41) is 3.27. The molecule has 26 heavy (non-hydrogen) atoms. The first kappa shape index (κ1) is 18.1. The summed E-state index contributed by atoms with van der Waals surface area (Å²) in [6.45, 7) is 6.06. The van der Waals surface area contributed by atoms with Crippen LogP contribution in [0.2, 0.25) is 0 Å². The molecule has 0 atom stereocenters. The molecule has 0 bridgehead atoms. The van der Waals surface area contributed by atoms with E-state index in [1.54, 1.807) is 6.08 Å². The molecule has 1 heterocycles. The topological polar surface area (TPSA) is 42.0 Å². The third-order valence-electron chi connectivity index (χ3n) is 4.45. The van der Waals surface area contributed by atoms with Crippen molar-refractivity contribution in [2.24, 2.45) is 5.41 Å². The lowest BCUT2D eigenvalue weighted by Crippen LogP contribution is -2.24. The van der Waals surface area contributed by atoms with E-state index in [0.29, 0.717) is 17.8 Å². The van der Waals surface area contributed by atoms with E-state index in [2.05, 4.69) is 24.1 Å². The lowest BCUT2D eigenvalue weighted by Gasteiger charge is -2.29. The molecule has 0 radical (unpaired) electrons. The summed E-state index contributed by atoms with van der Waals surface area (Å²) >= 11 is 0. The van der Waals surface area contributed by atoms with Gasteiger partial charge in [0.2, 0.25) is 0 Å². The maximum atomic E-state index is 13.9. The zero-order valence-electron chi connectivity index (χ0n) is 15.3. The van der Waals surface area contributed by atoms with E-state index < -0.39 is 5.82 Å². The van der Waals surface area contributed by atoms with Gasteiger partial charge in [0.1, 0.15) is 11.6 Å². The summed E-state index contributed by atoms with van der Waals surface area (Å²) in [6.07, 6.45) is 6.06. The van der Waals surface area contributed by atoms with E-state index in [4.69, 9.17) is 0 Å². The Morgan fingerprint density at radius 3 is 2.62 bits per heavy atom. The number of ketones is 1. The molecule has 1 aromatic heterocycles. The fourth-order valence-corrected chi connectivity index (χ4v) is 3.42. The second-order valence-corrected chi connectivity index (χ2v) is 7.40. The second-order valence-electron chi connectivity index (χ2n) is 7.40. The number of benzene rings is 1. The predicted molar refractivity (Wildman–Crippen MR) is 103 cm³/mol. The Hall–Kier alpha value is -2.75. The molecule has 0 aliphatic heterocycles. The molecular formula is C22H23FN2O. The number of nitrogens with one attached hydrogen (secondary N) is 1. The average molecular weight is 350 g/mol.